The van der Waals surface area contributed by atoms with Gasteiger partial charge in [0.25, 0.3) is 0 Å². The summed E-state index contributed by atoms with van der Waals surface area (Å²) in [6.45, 7) is 13.5. The monoisotopic (exact) mass is 744 g/mol. The largest absolute Gasteiger partial charge is 0.508 e. The topological polar surface area (TPSA) is 208 Å². The van der Waals surface area contributed by atoms with Crippen LogP contribution in [0.4, 0.5) is 0 Å². The van der Waals surface area contributed by atoms with Crippen LogP contribution in [0.5, 0.6) is 0 Å². The minimum Gasteiger partial charge on any atom is -0.508 e. The number of aliphatic hydroxyl groups excluding tert-OH is 3. The van der Waals surface area contributed by atoms with Gasteiger partial charge in [-0.2, -0.15) is 0 Å². The van der Waals surface area contributed by atoms with Crippen LogP contribution in [0.15, 0.2) is 94.8 Å². The molecule has 2 saturated heterocycles. The van der Waals surface area contributed by atoms with E-state index in [1.165, 1.54) is 78.0 Å². The Labute approximate surface area is 313 Å². The fourth-order valence-corrected chi connectivity index (χ4v) is 12.2. The first kappa shape index (κ1) is 38.1. The van der Waals surface area contributed by atoms with E-state index in [2.05, 4.69) is 0 Å². The van der Waals surface area contributed by atoms with Gasteiger partial charge in [0.1, 0.15) is 34.1 Å². The number of aliphatic hydroxyl groups is 6. The van der Waals surface area contributed by atoms with Crippen molar-refractivity contribution in [1.29, 1.82) is 0 Å². The molecule has 5 aliphatic carbocycles. The number of Topliss-reactive ketones (excluding diaryl/α,β-unsaturated/α-hetero) is 4. The van der Waals surface area contributed by atoms with E-state index in [0.29, 0.717) is 0 Å². The summed E-state index contributed by atoms with van der Waals surface area (Å²) in [6.07, 6.45) is 14.9. The van der Waals surface area contributed by atoms with Gasteiger partial charge in [0.05, 0.1) is 16.2 Å². The first-order valence-electron chi connectivity index (χ1n) is 18.3. The van der Waals surface area contributed by atoms with Crippen LogP contribution in [-0.4, -0.2) is 82.1 Å². The molecule has 5 saturated carbocycles. The van der Waals surface area contributed by atoms with Crippen LogP contribution in [0.1, 0.15) is 62.3 Å². The highest BCUT2D eigenvalue weighted by Gasteiger charge is 2.99. The fourth-order valence-electron chi connectivity index (χ4n) is 12.2. The summed E-state index contributed by atoms with van der Waals surface area (Å²) in [5, 5.41) is 71.1. The zero-order valence-electron chi connectivity index (χ0n) is 31.8. The van der Waals surface area contributed by atoms with Crippen molar-refractivity contribution in [1.82, 2.24) is 0 Å². The van der Waals surface area contributed by atoms with Gasteiger partial charge in [0.2, 0.25) is 11.6 Å². The number of rotatable bonds is 6. The number of fused-ring (bicyclic) bond motifs is 11. The van der Waals surface area contributed by atoms with Gasteiger partial charge in [0.15, 0.2) is 23.1 Å². The number of hydrogen-bond donors (Lipinski definition) is 6. The average molecular weight is 745 g/mol. The molecule has 7 fully saturated rings. The summed E-state index contributed by atoms with van der Waals surface area (Å²) >= 11 is 0. The third-order valence-electron chi connectivity index (χ3n) is 14.5. The van der Waals surface area contributed by atoms with E-state index in [9.17, 15) is 45.0 Å². The van der Waals surface area contributed by atoms with Crippen LogP contribution in [0.25, 0.3) is 0 Å². The lowest BCUT2D eigenvalue weighted by atomic mass is 9.39. The van der Waals surface area contributed by atoms with E-state index in [-0.39, 0.29) is 22.5 Å². The highest BCUT2D eigenvalue weighted by atomic mass is 16.8. The molecule has 7 rings (SSSR count). The highest BCUT2D eigenvalue weighted by molar-refractivity contribution is 6.21. The molecule has 2 aliphatic heterocycles. The normalized spacial score (nSPS) is 51.9. The van der Waals surface area contributed by atoms with Crippen molar-refractivity contribution in [3.63, 3.8) is 0 Å². The molecule has 12 nitrogen and oxygen atoms in total. The van der Waals surface area contributed by atoms with Crippen molar-refractivity contribution >= 4 is 23.1 Å². The molecule has 0 aromatic heterocycles. The zero-order valence-corrected chi connectivity index (χ0v) is 31.8. The lowest BCUT2D eigenvalue weighted by Crippen LogP contribution is -2.74. The van der Waals surface area contributed by atoms with E-state index >= 15 is 4.79 Å². The quantitative estimate of drug-likeness (QED) is 0.0735. The molecule has 0 aromatic carbocycles. The summed E-state index contributed by atoms with van der Waals surface area (Å²) < 4.78 is 12.7. The van der Waals surface area contributed by atoms with Crippen LogP contribution < -0.4 is 0 Å². The molecule has 0 spiro atoms. The molecule has 2 bridgehead atoms. The van der Waals surface area contributed by atoms with Gasteiger partial charge in [-0.25, -0.2) is 0 Å². The summed E-state index contributed by atoms with van der Waals surface area (Å²) in [6, 6.07) is 0. The molecule has 0 aromatic rings. The van der Waals surface area contributed by atoms with Crippen LogP contribution in [0.3, 0.4) is 0 Å². The Morgan fingerprint density at radius 2 is 1.02 bits per heavy atom. The molecule has 13 atom stereocenters. The summed E-state index contributed by atoms with van der Waals surface area (Å²) in [5.41, 5.74) is -12.6. The van der Waals surface area contributed by atoms with E-state index in [0.717, 1.165) is 0 Å². The number of carbonyl (C=O) groups is 4. The fraction of sp³-hybridized carbons (Fsp3) is 0.524. The Morgan fingerprint density at radius 1 is 0.611 bits per heavy atom. The Hall–Kier alpha value is -4.20. The van der Waals surface area contributed by atoms with Gasteiger partial charge < -0.3 is 40.1 Å². The summed E-state index contributed by atoms with van der Waals surface area (Å²) in [5.74, 6) is -15.1. The first-order valence-corrected chi connectivity index (χ1v) is 18.3. The summed E-state index contributed by atoms with van der Waals surface area (Å²) in [7, 11) is 0. The van der Waals surface area contributed by atoms with Gasteiger partial charge in [0, 0.05) is 40.4 Å². The standard InChI is InChI=1S/C42H48O12/c1-10-12-14-16-22(43)25-28-20(3)21(35(4,31(25)46)34(49)38(28,7)50)18-19-24(45)27-30-37(6)32(47)26(23(44)17-15-13-11-2)29-36(5,33(27)48)41(51)40(30,9)54-42(37,52)39(29,8)53-41/h10-21,28-30,43-45,50-52H,1-9H3/b12-10+,13-11+,16-14+,17-15+,19-18+,25-22-,26-23-,27-24-/t20-,21-,28+,29?,30?,35+,36+,37+,38-,39-,40-,41+,42+/m0/s1. The van der Waals surface area contributed by atoms with Crippen LogP contribution >= 0.6 is 0 Å². The molecule has 288 valence electrons. The third-order valence-corrected chi connectivity index (χ3v) is 14.5. The van der Waals surface area contributed by atoms with Gasteiger partial charge >= 0.3 is 0 Å². The lowest BCUT2D eigenvalue weighted by molar-refractivity contribution is -0.450. The van der Waals surface area contributed by atoms with Crippen molar-refractivity contribution in [3.8, 4) is 0 Å². The number of carbonyl (C=O) groups excluding carboxylic acids is 4. The number of hydrogen-bond acceptors (Lipinski definition) is 12. The molecule has 6 N–H and O–H groups in total. The molecule has 2 unspecified atom stereocenters. The molecule has 2 heterocycles. The Bertz CT molecular complexity index is 2090. The second kappa shape index (κ2) is 11.0. The minimum atomic E-state index is -2.45. The SMILES string of the molecule is C/C=C/C=C/C(O)=C1/C(=O)[C@@]2(C)C3/C(=C(O)\C=C\[C@H]4[C@H](C)[C@@H]5\C(=C(O)/C=C/C=C/C)C(=O)[C@]4(C)C(=O)[C@@]5(C)O)C(=O)[C@@]4(C)C1[C@]1(C)O[C@@]4(O)[C@@]3(C)O[C@@]12O. The zero-order chi connectivity index (χ0) is 40.1. The maximum Gasteiger partial charge on any atom is 0.210 e. The Morgan fingerprint density at radius 3 is 1.44 bits per heavy atom. The maximum atomic E-state index is 15.0. The predicted molar refractivity (Wildman–Crippen MR) is 193 cm³/mol. The number of allylic oxidation sites excluding steroid dienone is 10. The maximum absolute atomic E-state index is 15.0. The number of ether oxygens (including phenoxy) is 2. The van der Waals surface area contributed by atoms with E-state index in [1.54, 1.807) is 45.1 Å². The Kier molecular flexibility index (Phi) is 7.74. The van der Waals surface area contributed by atoms with E-state index < -0.39 is 109 Å². The van der Waals surface area contributed by atoms with Gasteiger partial charge in [-0.05, 0) is 79.5 Å². The lowest BCUT2D eigenvalue weighted by Gasteiger charge is -2.58. The average Bonchev–Trinajstić information content (AvgIpc) is 3.41. The molecule has 7 aliphatic rings. The van der Waals surface area contributed by atoms with Crippen LogP contribution in [-0.2, 0) is 28.7 Å². The Balaban J connectivity index is 1.41. The molecule has 0 radical (unpaired) electrons. The molecular formula is C42H48O12. The minimum absolute atomic E-state index is 0.0861. The molecule has 0 amide bonds. The van der Waals surface area contributed by atoms with Gasteiger partial charge in [-0.1, -0.05) is 49.5 Å². The second-order valence-electron chi connectivity index (χ2n) is 17.0. The van der Waals surface area contributed by atoms with Gasteiger partial charge in [-0.15, -0.1) is 0 Å². The van der Waals surface area contributed by atoms with Crippen LogP contribution in [0, 0.1) is 45.8 Å². The van der Waals surface area contributed by atoms with Crippen molar-refractivity contribution in [2.24, 2.45) is 45.8 Å². The van der Waals surface area contributed by atoms with Crippen molar-refractivity contribution in [3.05, 3.63) is 94.8 Å². The molecule has 12 heteroatoms. The van der Waals surface area contributed by atoms with Crippen molar-refractivity contribution in [2.45, 2.75) is 90.7 Å². The van der Waals surface area contributed by atoms with E-state index in [1.807, 2.05) is 0 Å². The van der Waals surface area contributed by atoms with E-state index in [4.69, 9.17) is 9.47 Å². The smallest absolute Gasteiger partial charge is 0.210 e. The number of ketones is 4. The second-order valence-corrected chi connectivity index (χ2v) is 17.0. The highest BCUT2D eigenvalue weighted by Crippen LogP contribution is 2.84. The molecular weight excluding hydrogens is 696 g/mol. The van der Waals surface area contributed by atoms with Crippen LogP contribution in [0.2, 0.25) is 0 Å². The van der Waals surface area contributed by atoms with Crippen molar-refractivity contribution < 1.29 is 59.3 Å². The summed E-state index contributed by atoms with van der Waals surface area (Å²) in [4.78, 5) is 57.9. The van der Waals surface area contributed by atoms with Gasteiger partial charge in [-0.3, -0.25) is 19.2 Å². The van der Waals surface area contributed by atoms with Crippen molar-refractivity contribution in [2.75, 3.05) is 0 Å². The predicted octanol–water partition coefficient (Wildman–Crippen LogP) is 4.41. The molecule has 54 heavy (non-hydrogen) atoms. The first-order chi connectivity index (χ1) is 24.9. The third kappa shape index (κ3) is 3.67.